The number of pyridine rings is 1. The first kappa shape index (κ1) is 18.6. The zero-order valence-electron chi connectivity index (χ0n) is 16.2. The number of nitrogens with zero attached hydrogens (tertiary/aromatic N) is 5. The lowest BCUT2D eigenvalue weighted by Gasteiger charge is -2.12. The molecular formula is C21H23N5OS. The van der Waals surface area contributed by atoms with E-state index in [1.54, 1.807) is 18.9 Å². The molecular weight excluding hydrogens is 370 g/mol. The molecule has 0 spiro atoms. The molecule has 0 atom stereocenters. The van der Waals surface area contributed by atoms with E-state index in [-0.39, 0.29) is 0 Å². The highest BCUT2D eigenvalue weighted by Gasteiger charge is 2.16. The molecule has 0 fully saturated rings. The van der Waals surface area contributed by atoms with Crippen LogP contribution in [-0.2, 0) is 12.3 Å². The first-order valence-corrected chi connectivity index (χ1v) is 10.3. The number of hydrogen-bond acceptors (Lipinski definition) is 5. The summed E-state index contributed by atoms with van der Waals surface area (Å²) in [5.41, 5.74) is 3.02. The van der Waals surface area contributed by atoms with Gasteiger partial charge in [-0.15, -0.1) is 10.2 Å². The summed E-state index contributed by atoms with van der Waals surface area (Å²) < 4.78 is 9.50. The molecule has 0 saturated carbocycles. The van der Waals surface area contributed by atoms with Gasteiger partial charge in [0.05, 0.1) is 12.8 Å². The predicted molar refractivity (Wildman–Crippen MR) is 112 cm³/mol. The van der Waals surface area contributed by atoms with Crippen LogP contribution in [0.3, 0.4) is 0 Å². The first-order valence-electron chi connectivity index (χ1n) is 9.27. The normalized spacial score (nSPS) is 11.4. The van der Waals surface area contributed by atoms with Gasteiger partial charge in [-0.1, -0.05) is 31.7 Å². The standard InChI is InChI=1S/C21H23N5OS/c1-15(2)12-26-20(16-7-9-18(27-3)10-8-16)23-24-21(26)28-14-17-13-25-11-5-4-6-19(25)22-17/h4-11,13,15H,12,14H2,1-3H3. The molecule has 0 saturated heterocycles. The van der Waals surface area contributed by atoms with Crippen molar-refractivity contribution in [2.45, 2.75) is 31.3 Å². The van der Waals surface area contributed by atoms with Crippen LogP contribution >= 0.6 is 11.8 Å². The van der Waals surface area contributed by atoms with E-state index in [4.69, 9.17) is 4.74 Å². The smallest absolute Gasteiger partial charge is 0.191 e. The fraction of sp³-hybridized carbons (Fsp3) is 0.286. The molecule has 7 heteroatoms. The average Bonchev–Trinajstić information content (AvgIpc) is 3.29. The predicted octanol–water partition coefficient (Wildman–Crippen LogP) is 4.55. The Morgan fingerprint density at radius 2 is 1.89 bits per heavy atom. The quantitative estimate of drug-likeness (QED) is 0.431. The van der Waals surface area contributed by atoms with Crippen LogP contribution in [0.5, 0.6) is 5.75 Å². The molecule has 0 amide bonds. The van der Waals surface area contributed by atoms with Gasteiger partial charge >= 0.3 is 0 Å². The molecule has 3 heterocycles. The number of hydrogen-bond donors (Lipinski definition) is 0. The maximum absolute atomic E-state index is 5.26. The highest BCUT2D eigenvalue weighted by molar-refractivity contribution is 7.98. The van der Waals surface area contributed by atoms with Crippen LogP contribution in [0.2, 0.25) is 0 Å². The first-order chi connectivity index (χ1) is 13.6. The molecule has 1 aromatic carbocycles. The summed E-state index contributed by atoms with van der Waals surface area (Å²) >= 11 is 1.67. The molecule has 0 unspecified atom stereocenters. The van der Waals surface area contributed by atoms with Crippen LogP contribution in [0.4, 0.5) is 0 Å². The van der Waals surface area contributed by atoms with Crippen LogP contribution in [0.1, 0.15) is 19.5 Å². The van der Waals surface area contributed by atoms with Crippen molar-refractivity contribution < 1.29 is 4.74 Å². The van der Waals surface area contributed by atoms with Crippen molar-refractivity contribution in [3.63, 3.8) is 0 Å². The Morgan fingerprint density at radius 1 is 1.07 bits per heavy atom. The third-order valence-corrected chi connectivity index (χ3v) is 5.38. The van der Waals surface area contributed by atoms with Crippen molar-refractivity contribution in [3.05, 3.63) is 60.6 Å². The van der Waals surface area contributed by atoms with E-state index in [0.717, 1.165) is 45.9 Å². The zero-order valence-corrected chi connectivity index (χ0v) is 17.1. The van der Waals surface area contributed by atoms with Crippen LogP contribution in [0.25, 0.3) is 17.0 Å². The van der Waals surface area contributed by atoms with E-state index >= 15 is 0 Å². The van der Waals surface area contributed by atoms with Crippen molar-refractivity contribution in [2.75, 3.05) is 7.11 Å². The monoisotopic (exact) mass is 393 g/mol. The molecule has 0 aliphatic heterocycles. The van der Waals surface area contributed by atoms with Crippen LogP contribution in [-0.4, -0.2) is 31.3 Å². The van der Waals surface area contributed by atoms with Gasteiger partial charge in [0.25, 0.3) is 0 Å². The summed E-state index contributed by atoms with van der Waals surface area (Å²) in [7, 11) is 1.67. The van der Waals surface area contributed by atoms with Crippen molar-refractivity contribution in [3.8, 4) is 17.1 Å². The molecule has 4 aromatic rings. The Bertz CT molecular complexity index is 1040. The number of aromatic nitrogens is 5. The van der Waals surface area contributed by atoms with Gasteiger partial charge in [-0.05, 0) is 42.3 Å². The molecule has 0 radical (unpaired) electrons. The molecule has 0 aliphatic rings. The van der Waals surface area contributed by atoms with Gasteiger partial charge in [-0.2, -0.15) is 0 Å². The lowest BCUT2D eigenvalue weighted by atomic mass is 10.2. The van der Waals surface area contributed by atoms with E-state index in [2.05, 4.69) is 39.8 Å². The lowest BCUT2D eigenvalue weighted by Crippen LogP contribution is -2.08. The van der Waals surface area contributed by atoms with Crippen molar-refractivity contribution in [2.24, 2.45) is 5.92 Å². The van der Waals surface area contributed by atoms with E-state index < -0.39 is 0 Å². The average molecular weight is 394 g/mol. The summed E-state index contributed by atoms with van der Waals surface area (Å²) in [6, 6.07) is 14.0. The SMILES string of the molecule is COc1ccc(-c2nnc(SCc3cn4ccccc4n3)n2CC(C)C)cc1. The number of fused-ring (bicyclic) bond motifs is 1. The van der Waals surface area contributed by atoms with Gasteiger partial charge < -0.3 is 13.7 Å². The maximum Gasteiger partial charge on any atom is 0.191 e. The summed E-state index contributed by atoms with van der Waals surface area (Å²) in [5.74, 6) is 2.96. The van der Waals surface area contributed by atoms with Crippen LogP contribution in [0.15, 0.2) is 60.0 Å². The molecule has 0 N–H and O–H groups in total. The van der Waals surface area contributed by atoms with E-state index in [1.165, 1.54) is 0 Å². The summed E-state index contributed by atoms with van der Waals surface area (Å²) in [4.78, 5) is 4.67. The molecule has 6 nitrogen and oxygen atoms in total. The minimum atomic E-state index is 0.488. The Morgan fingerprint density at radius 3 is 2.61 bits per heavy atom. The fourth-order valence-corrected chi connectivity index (χ4v) is 3.91. The Hall–Kier alpha value is -2.80. The highest BCUT2D eigenvalue weighted by atomic mass is 32.2. The van der Waals surface area contributed by atoms with Gasteiger partial charge in [0, 0.05) is 30.3 Å². The van der Waals surface area contributed by atoms with Gasteiger partial charge in [-0.25, -0.2) is 4.98 Å². The number of thioether (sulfide) groups is 1. The van der Waals surface area contributed by atoms with Gasteiger partial charge in [0.2, 0.25) is 0 Å². The second kappa shape index (κ2) is 8.06. The number of methoxy groups -OCH3 is 1. The Labute approximate surface area is 168 Å². The molecule has 3 aromatic heterocycles. The summed E-state index contributed by atoms with van der Waals surface area (Å²) in [5, 5.41) is 9.86. The topological polar surface area (TPSA) is 57.2 Å². The number of benzene rings is 1. The zero-order chi connectivity index (χ0) is 19.5. The number of imidazole rings is 1. The molecule has 28 heavy (non-hydrogen) atoms. The highest BCUT2D eigenvalue weighted by Crippen LogP contribution is 2.28. The van der Waals surface area contributed by atoms with Crippen molar-refractivity contribution in [1.29, 1.82) is 0 Å². The number of rotatable bonds is 7. The van der Waals surface area contributed by atoms with Crippen LogP contribution < -0.4 is 4.74 Å². The molecule has 4 rings (SSSR count). The third-order valence-electron chi connectivity index (χ3n) is 4.38. The van der Waals surface area contributed by atoms with Gasteiger partial charge in [-0.3, -0.25) is 0 Å². The lowest BCUT2D eigenvalue weighted by molar-refractivity contribution is 0.415. The molecule has 144 valence electrons. The minimum Gasteiger partial charge on any atom is -0.497 e. The summed E-state index contributed by atoms with van der Waals surface area (Å²) in [6.07, 6.45) is 4.08. The van der Waals surface area contributed by atoms with Crippen LogP contribution in [0, 0.1) is 5.92 Å². The second-order valence-electron chi connectivity index (χ2n) is 7.03. The maximum atomic E-state index is 5.26. The second-order valence-corrected chi connectivity index (χ2v) is 7.97. The summed E-state index contributed by atoms with van der Waals surface area (Å²) in [6.45, 7) is 5.27. The Kier molecular flexibility index (Phi) is 5.34. The Balaban J connectivity index is 1.59. The molecule has 0 bridgehead atoms. The van der Waals surface area contributed by atoms with E-state index in [1.807, 2.05) is 53.1 Å². The van der Waals surface area contributed by atoms with Gasteiger partial charge in [0.1, 0.15) is 11.4 Å². The van der Waals surface area contributed by atoms with E-state index in [0.29, 0.717) is 5.92 Å². The molecule has 0 aliphatic carbocycles. The van der Waals surface area contributed by atoms with Crippen molar-refractivity contribution >= 4 is 17.4 Å². The largest absolute Gasteiger partial charge is 0.497 e. The van der Waals surface area contributed by atoms with E-state index in [9.17, 15) is 0 Å². The van der Waals surface area contributed by atoms with Gasteiger partial charge in [0.15, 0.2) is 11.0 Å². The number of ether oxygens (including phenoxy) is 1. The minimum absolute atomic E-state index is 0.488. The van der Waals surface area contributed by atoms with Crippen molar-refractivity contribution in [1.82, 2.24) is 24.1 Å². The third kappa shape index (κ3) is 3.89. The fourth-order valence-electron chi connectivity index (χ4n) is 3.07.